The number of unbranched alkanes of at least 4 members (excludes halogenated alkanes) is 2. The third-order valence-corrected chi connectivity index (χ3v) is 2.89. The zero-order valence-electron chi connectivity index (χ0n) is 9.50. The lowest BCUT2D eigenvalue weighted by Crippen LogP contribution is -2.21. The predicted octanol–water partition coefficient (Wildman–Crippen LogP) is 3.06. The van der Waals surface area contributed by atoms with Crippen LogP contribution in [0.4, 0.5) is 0 Å². The first kappa shape index (κ1) is 12.2. The summed E-state index contributed by atoms with van der Waals surface area (Å²) in [5.74, 6) is 0.379. The minimum atomic E-state index is -0.0240. The molecule has 0 aliphatic heterocycles. The van der Waals surface area contributed by atoms with Gasteiger partial charge in [0.25, 0.3) is 0 Å². The molecule has 84 valence electrons. The summed E-state index contributed by atoms with van der Waals surface area (Å²) in [6.07, 6.45) is 9.81. The number of allylic oxidation sites excluding steroid dienone is 2. The van der Waals surface area contributed by atoms with E-state index >= 15 is 0 Å². The molecule has 2 heteroatoms. The van der Waals surface area contributed by atoms with Crippen molar-refractivity contribution in [2.45, 2.75) is 51.9 Å². The van der Waals surface area contributed by atoms with Gasteiger partial charge in [0.1, 0.15) is 5.78 Å². The molecule has 0 bridgehead atoms. The summed E-state index contributed by atoms with van der Waals surface area (Å²) < 4.78 is 0. The Bertz CT molecular complexity index is 253. The number of hydrogen-bond acceptors (Lipinski definition) is 2. The number of ketones is 2. The van der Waals surface area contributed by atoms with Crippen molar-refractivity contribution in [3.63, 3.8) is 0 Å². The number of hydrogen-bond donors (Lipinski definition) is 0. The van der Waals surface area contributed by atoms with Gasteiger partial charge in [-0.2, -0.15) is 0 Å². The Hall–Kier alpha value is -0.920. The van der Waals surface area contributed by atoms with Crippen molar-refractivity contribution in [3.8, 4) is 0 Å². The largest absolute Gasteiger partial charge is 0.300 e. The van der Waals surface area contributed by atoms with E-state index < -0.39 is 0 Å². The Morgan fingerprint density at radius 2 is 2.33 bits per heavy atom. The summed E-state index contributed by atoms with van der Waals surface area (Å²) in [6, 6.07) is 0. The van der Waals surface area contributed by atoms with Gasteiger partial charge < -0.3 is 0 Å². The number of carbonyl (C=O) groups is 2. The van der Waals surface area contributed by atoms with E-state index in [9.17, 15) is 9.59 Å². The standard InChI is InChI=1S/C13H20O2/c1-2-3-4-5-9-13(15)11-7-6-8-12(14)10-11/h5,9,11H,2-4,6-8,10H2,1H3/b9-5+. The van der Waals surface area contributed by atoms with Crippen LogP contribution in [-0.2, 0) is 9.59 Å². The highest BCUT2D eigenvalue weighted by Crippen LogP contribution is 2.22. The van der Waals surface area contributed by atoms with Gasteiger partial charge in [-0.25, -0.2) is 0 Å². The van der Waals surface area contributed by atoms with Crippen molar-refractivity contribution in [1.29, 1.82) is 0 Å². The Morgan fingerprint density at radius 3 is 3.00 bits per heavy atom. The summed E-state index contributed by atoms with van der Waals surface area (Å²) in [4.78, 5) is 22.8. The van der Waals surface area contributed by atoms with Crippen molar-refractivity contribution in [1.82, 2.24) is 0 Å². The molecule has 0 heterocycles. The molecule has 1 unspecified atom stereocenters. The van der Waals surface area contributed by atoms with Crippen LogP contribution in [0.2, 0.25) is 0 Å². The summed E-state index contributed by atoms with van der Waals surface area (Å²) in [5.41, 5.74) is 0. The minimum Gasteiger partial charge on any atom is -0.300 e. The molecule has 1 fully saturated rings. The molecule has 1 rings (SSSR count). The van der Waals surface area contributed by atoms with E-state index in [4.69, 9.17) is 0 Å². The van der Waals surface area contributed by atoms with Crippen molar-refractivity contribution < 1.29 is 9.59 Å². The Balaban J connectivity index is 2.32. The highest BCUT2D eigenvalue weighted by atomic mass is 16.1. The average Bonchev–Trinajstić information content (AvgIpc) is 2.24. The molecule has 0 saturated heterocycles. The lowest BCUT2D eigenvalue weighted by atomic mass is 9.85. The summed E-state index contributed by atoms with van der Waals surface area (Å²) >= 11 is 0. The fraction of sp³-hybridized carbons (Fsp3) is 0.692. The fourth-order valence-corrected chi connectivity index (χ4v) is 1.92. The van der Waals surface area contributed by atoms with Crippen LogP contribution in [0.5, 0.6) is 0 Å². The zero-order chi connectivity index (χ0) is 11.1. The van der Waals surface area contributed by atoms with Crippen LogP contribution in [0.1, 0.15) is 51.9 Å². The van der Waals surface area contributed by atoms with E-state index in [2.05, 4.69) is 6.92 Å². The Kier molecular flexibility index (Phi) is 5.30. The SMILES string of the molecule is CCCC/C=C/C(=O)C1CCCC(=O)C1. The van der Waals surface area contributed by atoms with Crippen LogP contribution in [0, 0.1) is 5.92 Å². The Morgan fingerprint density at radius 1 is 1.53 bits per heavy atom. The lowest BCUT2D eigenvalue weighted by Gasteiger charge is -2.17. The zero-order valence-corrected chi connectivity index (χ0v) is 9.50. The van der Waals surface area contributed by atoms with Gasteiger partial charge in [0.05, 0.1) is 0 Å². The van der Waals surface area contributed by atoms with E-state index in [1.54, 1.807) is 6.08 Å². The Labute approximate surface area is 91.7 Å². The summed E-state index contributed by atoms with van der Waals surface area (Å²) in [6.45, 7) is 2.13. The molecule has 1 aliphatic carbocycles. The molecule has 0 aromatic carbocycles. The van der Waals surface area contributed by atoms with Gasteiger partial charge in [-0.15, -0.1) is 0 Å². The van der Waals surface area contributed by atoms with Crippen LogP contribution in [0.25, 0.3) is 0 Å². The van der Waals surface area contributed by atoms with Crippen LogP contribution in [0.15, 0.2) is 12.2 Å². The first-order valence-corrected chi connectivity index (χ1v) is 5.96. The molecule has 1 aliphatic rings. The number of rotatable bonds is 5. The maximum absolute atomic E-state index is 11.7. The quantitative estimate of drug-likeness (QED) is 0.514. The third-order valence-electron chi connectivity index (χ3n) is 2.89. The highest BCUT2D eigenvalue weighted by Gasteiger charge is 2.23. The molecule has 0 aromatic rings. The van der Waals surface area contributed by atoms with E-state index in [-0.39, 0.29) is 17.5 Å². The molecule has 0 amide bonds. The van der Waals surface area contributed by atoms with Gasteiger partial charge in [-0.05, 0) is 25.3 Å². The van der Waals surface area contributed by atoms with Gasteiger partial charge in [0.2, 0.25) is 0 Å². The maximum Gasteiger partial charge on any atom is 0.158 e. The predicted molar refractivity (Wildman–Crippen MR) is 60.6 cm³/mol. The van der Waals surface area contributed by atoms with Crippen molar-refractivity contribution in [2.75, 3.05) is 0 Å². The van der Waals surface area contributed by atoms with E-state index in [1.807, 2.05) is 6.08 Å². The van der Waals surface area contributed by atoms with Gasteiger partial charge in [-0.3, -0.25) is 9.59 Å². The second-order valence-electron chi connectivity index (χ2n) is 4.28. The lowest BCUT2D eigenvalue weighted by molar-refractivity contribution is -0.127. The molecular formula is C13H20O2. The molecule has 0 spiro atoms. The molecule has 2 nitrogen and oxygen atoms in total. The van der Waals surface area contributed by atoms with Crippen LogP contribution in [0.3, 0.4) is 0 Å². The first-order chi connectivity index (χ1) is 7.24. The smallest absolute Gasteiger partial charge is 0.158 e. The molecule has 0 aromatic heterocycles. The second-order valence-corrected chi connectivity index (χ2v) is 4.28. The summed E-state index contributed by atoms with van der Waals surface area (Å²) in [5, 5.41) is 0. The second kappa shape index (κ2) is 6.54. The maximum atomic E-state index is 11.7. The molecule has 1 saturated carbocycles. The number of Topliss-reactive ketones (excluding diaryl/α,β-unsaturated/α-hetero) is 1. The van der Waals surface area contributed by atoms with E-state index in [0.717, 1.165) is 32.1 Å². The van der Waals surface area contributed by atoms with Gasteiger partial charge in [0.15, 0.2) is 5.78 Å². The molecule has 0 N–H and O–H groups in total. The molecular weight excluding hydrogens is 188 g/mol. The van der Waals surface area contributed by atoms with E-state index in [1.165, 1.54) is 0 Å². The van der Waals surface area contributed by atoms with Gasteiger partial charge >= 0.3 is 0 Å². The monoisotopic (exact) mass is 208 g/mol. The van der Waals surface area contributed by atoms with Crippen LogP contribution < -0.4 is 0 Å². The normalized spacial score (nSPS) is 22.2. The van der Waals surface area contributed by atoms with Crippen molar-refractivity contribution >= 4 is 11.6 Å². The van der Waals surface area contributed by atoms with Gasteiger partial charge in [-0.1, -0.05) is 25.8 Å². The summed E-state index contributed by atoms with van der Waals surface area (Å²) in [7, 11) is 0. The van der Waals surface area contributed by atoms with Crippen molar-refractivity contribution in [2.24, 2.45) is 5.92 Å². The minimum absolute atomic E-state index is 0.0240. The topological polar surface area (TPSA) is 34.1 Å². The van der Waals surface area contributed by atoms with Gasteiger partial charge in [0, 0.05) is 18.8 Å². The number of carbonyl (C=O) groups excluding carboxylic acids is 2. The first-order valence-electron chi connectivity index (χ1n) is 5.96. The molecule has 15 heavy (non-hydrogen) atoms. The van der Waals surface area contributed by atoms with E-state index in [0.29, 0.717) is 12.8 Å². The molecule has 1 atom stereocenters. The molecule has 0 radical (unpaired) electrons. The highest BCUT2D eigenvalue weighted by molar-refractivity contribution is 5.95. The average molecular weight is 208 g/mol. The fourth-order valence-electron chi connectivity index (χ4n) is 1.92. The third kappa shape index (κ3) is 4.41. The van der Waals surface area contributed by atoms with Crippen molar-refractivity contribution in [3.05, 3.63) is 12.2 Å². The van der Waals surface area contributed by atoms with Crippen LogP contribution in [-0.4, -0.2) is 11.6 Å². The van der Waals surface area contributed by atoms with Crippen LogP contribution >= 0.6 is 0 Å².